The first kappa shape index (κ1) is 29.1. The Morgan fingerprint density at radius 1 is 1.00 bits per heavy atom. The van der Waals surface area contributed by atoms with Crippen LogP contribution in [0, 0.1) is 17.2 Å². The highest BCUT2D eigenvalue weighted by molar-refractivity contribution is 6.03. The lowest BCUT2D eigenvalue weighted by atomic mass is 9.85. The smallest absolute Gasteiger partial charge is 0.321 e. The van der Waals surface area contributed by atoms with E-state index in [0.29, 0.717) is 11.6 Å². The van der Waals surface area contributed by atoms with Gasteiger partial charge in [-0.05, 0) is 77.7 Å². The minimum Gasteiger partial charge on any atom is -0.321 e. The van der Waals surface area contributed by atoms with Crippen LogP contribution in [-0.4, -0.2) is 22.2 Å². The Morgan fingerprint density at radius 3 is 2.36 bits per heavy atom. The highest BCUT2D eigenvalue weighted by Gasteiger charge is 2.36. The van der Waals surface area contributed by atoms with Crippen molar-refractivity contribution in [3.05, 3.63) is 113 Å². The Bertz CT molecular complexity index is 1620. The number of anilines is 1. The number of amides is 1. The Labute approximate surface area is 243 Å². The lowest BCUT2D eigenvalue weighted by Gasteiger charge is -2.23. The maximum Gasteiger partial charge on any atom is 0.435 e. The molecule has 1 atom stereocenters. The molecule has 1 unspecified atom stereocenters. The van der Waals surface area contributed by atoms with Gasteiger partial charge in [0.2, 0.25) is 0 Å². The van der Waals surface area contributed by atoms with Gasteiger partial charge in [-0.2, -0.15) is 23.5 Å². The van der Waals surface area contributed by atoms with Gasteiger partial charge < -0.3 is 10.6 Å². The summed E-state index contributed by atoms with van der Waals surface area (Å²) in [4.78, 5) is 13.4. The molecule has 1 amide bonds. The van der Waals surface area contributed by atoms with Crippen molar-refractivity contribution in [2.45, 2.75) is 51.2 Å². The first-order valence-corrected chi connectivity index (χ1v) is 13.9. The predicted octanol–water partition coefficient (Wildman–Crippen LogP) is 7.40. The van der Waals surface area contributed by atoms with Gasteiger partial charge in [-0.25, -0.2) is 4.68 Å². The van der Waals surface area contributed by atoms with Gasteiger partial charge in [0.15, 0.2) is 5.69 Å². The zero-order valence-electron chi connectivity index (χ0n) is 23.7. The van der Waals surface area contributed by atoms with Gasteiger partial charge in [0, 0.05) is 11.8 Å². The molecule has 1 aliphatic rings. The third-order valence-corrected chi connectivity index (χ3v) is 7.35. The van der Waals surface area contributed by atoms with Gasteiger partial charge in [0.05, 0.1) is 23.4 Å². The normalized spacial score (nSPS) is 14.3. The van der Waals surface area contributed by atoms with E-state index in [1.54, 1.807) is 6.07 Å². The Balaban J connectivity index is 1.45. The summed E-state index contributed by atoms with van der Waals surface area (Å²) in [6, 6.07) is 24.3. The van der Waals surface area contributed by atoms with Crippen LogP contribution in [0.4, 0.5) is 18.9 Å². The lowest BCUT2D eigenvalue weighted by molar-refractivity contribution is -0.141. The number of nitrogens with one attached hydrogen (secondary N) is 2. The van der Waals surface area contributed by atoms with Gasteiger partial charge in [-0.3, -0.25) is 4.79 Å². The van der Waals surface area contributed by atoms with Gasteiger partial charge in [-0.1, -0.05) is 63.2 Å². The fourth-order valence-corrected chi connectivity index (χ4v) is 4.79. The van der Waals surface area contributed by atoms with Gasteiger partial charge in [-0.15, -0.1) is 0 Å². The largest absolute Gasteiger partial charge is 0.435 e. The van der Waals surface area contributed by atoms with Crippen LogP contribution in [0.15, 0.2) is 78.9 Å². The topological polar surface area (TPSA) is 82.7 Å². The van der Waals surface area contributed by atoms with E-state index in [1.807, 2.05) is 24.3 Å². The van der Waals surface area contributed by atoms with Crippen LogP contribution in [-0.2, 0) is 11.6 Å². The van der Waals surface area contributed by atoms with Crippen LogP contribution in [0.25, 0.3) is 5.69 Å². The number of hydrogen-bond acceptors (Lipinski definition) is 4. The van der Waals surface area contributed by atoms with E-state index >= 15 is 0 Å². The van der Waals surface area contributed by atoms with E-state index in [9.17, 15) is 23.2 Å². The van der Waals surface area contributed by atoms with Crippen molar-refractivity contribution in [2.75, 3.05) is 11.9 Å². The molecule has 42 heavy (non-hydrogen) atoms. The second-order valence-corrected chi connectivity index (χ2v) is 11.7. The van der Waals surface area contributed by atoms with E-state index in [1.165, 1.54) is 42.7 Å². The van der Waals surface area contributed by atoms with Crippen LogP contribution < -0.4 is 10.6 Å². The SMILES string of the molecule is CC(C)(C)c1ccc(C(NCC2CC2)c2cccc(NC(=O)c3cc(C(F)(F)F)nn3-c3cccc(C#N)c3)c2)cc1. The summed E-state index contributed by atoms with van der Waals surface area (Å²) in [6.45, 7) is 7.37. The Kier molecular flexibility index (Phi) is 7.93. The Hall–Kier alpha value is -4.42. The molecule has 1 saturated carbocycles. The predicted molar refractivity (Wildman–Crippen MR) is 155 cm³/mol. The van der Waals surface area contributed by atoms with Crippen LogP contribution in [0.2, 0.25) is 0 Å². The summed E-state index contributed by atoms with van der Waals surface area (Å²) in [7, 11) is 0. The molecule has 0 radical (unpaired) electrons. The lowest BCUT2D eigenvalue weighted by Crippen LogP contribution is -2.25. The summed E-state index contributed by atoms with van der Waals surface area (Å²) >= 11 is 0. The molecule has 5 rings (SSSR count). The van der Waals surface area contributed by atoms with Gasteiger partial charge in [0.25, 0.3) is 5.91 Å². The molecule has 0 saturated heterocycles. The van der Waals surface area contributed by atoms with Crippen LogP contribution in [0.1, 0.15) is 78.1 Å². The molecule has 3 aromatic carbocycles. The number of benzene rings is 3. The molecular formula is C33H32F3N5O. The first-order chi connectivity index (χ1) is 19.9. The highest BCUT2D eigenvalue weighted by Crippen LogP contribution is 2.33. The molecule has 0 aliphatic heterocycles. The fourth-order valence-electron chi connectivity index (χ4n) is 4.79. The second-order valence-electron chi connectivity index (χ2n) is 11.7. The first-order valence-electron chi connectivity index (χ1n) is 13.9. The van der Waals surface area contributed by atoms with Crippen LogP contribution in [0.3, 0.4) is 0 Å². The summed E-state index contributed by atoms with van der Waals surface area (Å²) in [5, 5.41) is 19.3. The number of carbonyl (C=O) groups is 1. The molecule has 6 nitrogen and oxygen atoms in total. The van der Waals surface area contributed by atoms with E-state index < -0.39 is 17.8 Å². The third kappa shape index (κ3) is 6.72. The van der Waals surface area contributed by atoms with Crippen molar-refractivity contribution in [1.82, 2.24) is 15.1 Å². The number of carbonyl (C=O) groups excluding carboxylic acids is 1. The zero-order valence-corrected chi connectivity index (χ0v) is 23.7. The minimum absolute atomic E-state index is 0.0219. The summed E-state index contributed by atoms with van der Waals surface area (Å²) in [6.07, 6.45) is -2.36. The quantitative estimate of drug-likeness (QED) is 0.231. The number of halogens is 3. The van der Waals surface area contributed by atoms with E-state index in [-0.39, 0.29) is 28.4 Å². The fraction of sp³-hybridized carbons (Fsp3) is 0.303. The standard InChI is InChI=1S/C33H32F3N5O/c1-32(2,3)25-14-12-23(13-15-25)30(38-20-21-10-11-21)24-7-5-8-26(17-24)39-31(42)28-18-29(33(34,35)36)40-41(28)27-9-4-6-22(16-27)19-37/h4-9,12-18,21,30,38H,10-11,20H2,1-3H3,(H,39,42). The monoisotopic (exact) mass is 571 g/mol. The number of nitrogens with zero attached hydrogens (tertiary/aromatic N) is 3. The average Bonchev–Trinajstić information content (AvgIpc) is 3.66. The molecule has 1 heterocycles. The minimum atomic E-state index is -4.75. The van der Waals surface area contributed by atoms with Gasteiger partial charge >= 0.3 is 6.18 Å². The van der Waals surface area contributed by atoms with Crippen molar-refractivity contribution in [3.63, 3.8) is 0 Å². The Morgan fingerprint density at radius 2 is 1.71 bits per heavy atom. The molecular weight excluding hydrogens is 539 g/mol. The number of aromatic nitrogens is 2. The maximum atomic E-state index is 13.6. The van der Waals surface area contributed by atoms with Crippen molar-refractivity contribution < 1.29 is 18.0 Å². The van der Waals surface area contributed by atoms with Crippen molar-refractivity contribution in [3.8, 4) is 11.8 Å². The van der Waals surface area contributed by atoms with Gasteiger partial charge in [0.1, 0.15) is 5.69 Å². The molecule has 0 bridgehead atoms. The summed E-state index contributed by atoms with van der Waals surface area (Å²) in [5.74, 6) is -0.110. The molecule has 4 aromatic rings. The molecule has 1 aliphatic carbocycles. The molecule has 0 spiro atoms. The zero-order chi connectivity index (χ0) is 30.1. The molecule has 2 N–H and O–H groups in total. The molecule has 9 heteroatoms. The summed E-state index contributed by atoms with van der Waals surface area (Å²) < 4.78 is 41.7. The van der Waals surface area contributed by atoms with Crippen molar-refractivity contribution in [1.29, 1.82) is 5.26 Å². The highest BCUT2D eigenvalue weighted by atomic mass is 19.4. The van der Waals surface area contributed by atoms with E-state index in [2.05, 4.69) is 60.8 Å². The van der Waals surface area contributed by atoms with Crippen molar-refractivity contribution in [2.24, 2.45) is 5.92 Å². The number of nitriles is 1. The average molecular weight is 572 g/mol. The molecule has 1 fully saturated rings. The second kappa shape index (κ2) is 11.5. The maximum absolute atomic E-state index is 13.6. The summed E-state index contributed by atoms with van der Waals surface area (Å²) in [5.41, 5.74) is 2.59. The van der Waals surface area contributed by atoms with Crippen LogP contribution >= 0.6 is 0 Å². The third-order valence-electron chi connectivity index (χ3n) is 7.35. The van der Waals surface area contributed by atoms with E-state index in [0.717, 1.165) is 28.4 Å². The molecule has 1 aromatic heterocycles. The number of hydrogen-bond donors (Lipinski definition) is 2. The van der Waals surface area contributed by atoms with Crippen molar-refractivity contribution >= 4 is 11.6 Å². The van der Waals surface area contributed by atoms with E-state index in [4.69, 9.17) is 0 Å². The molecule has 216 valence electrons. The number of alkyl halides is 3. The van der Waals surface area contributed by atoms with Crippen LogP contribution in [0.5, 0.6) is 0 Å². The number of rotatable bonds is 8.